The highest BCUT2D eigenvalue weighted by Gasteiger charge is 2.19. The monoisotopic (exact) mass is 485 g/mol. The van der Waals surface area contributed by atoms with Crippen molar-refractivity contribution in [2.24, 2.45) is 0 Å². The SMILES string of the molecule is CNc1ccc(C(=O)N(CCCC(=O)O)c2ccccc2)cc1NC(=O)CNc1ccc(C#N)cc1. The normalized spacial score (nSPS) is 10.1. The second-order valence-corrected chi connectivity index (χ2v) is 7.89. The average Bonchev–Trinajstić information content (AvgIpc) is 2.90. The quantitative estimate of drug-likeness (QED) is 0.320. The second kappa shape index (κ2) is 12.6. The molecule has 0 atom stereocenters. The first-order valence-corrected chi connectivity index (χ1v) is 11.4. The Kier molecular flexibility index (Phi) is 9.00. The molecule has 0 fully saturated rings. The van der Waals surface area contributed by atoms with Gasteiger partial charge in [0.05, 0.1) is 29.6 Å². The Labute approximate surface area is 209 Å². The predicted octanol–water partition coefficient (Wildman–Crippen LogP) is 4.16. The molecule has 0 aromatic heterocycles. The second-order valence-electron chi connectivity index (χ2n) is 7.89. The van der Waals surface area contributed by atoms with Gasteiger partial charge in [-0.15, -0.1) is 0 Å². The van der Waals surface area contributed by atoms with Gasteiger partial charge in [-0.1, -0.05) is 18.2 Å². The zero-order chi connectivity index (χ0) is 25.9. The number of carboxylic acid groups (broad SMARTS) is 1. The summed E-state index contributed by atoms with van der Waals surface area (Å²) >= 11 is 0. The number of rotatable bonds is 11. The van der Waals surface area contributed by atoms with Crippen LogP contribution in [0.4, 0.5) is 22.7 Å². The van der Waals surface area contributed by atoms with E-state index in [9.17, 15) is 14.4 Å². The van der Waals surface area contributed by atoms with Gasteiger partial charge in [0, 0.05) is 37.0 Å². The van der Waals surface area contributed by atoms with Crippen LogP contribution in [0.5, 0.6) is 0 Å². The van der Waals surface area contributed by atoms with Gasteiger partial charge in [-0.3, -0.25) is 14.4 Å². The summed E-state index contributed by atoms with van der Waals surface area (Å²) in [6.45, 7) is 0.220. The molecule has 3 aromatic rings. The van der Waals surface area contributed by atoms with Crippen LogP contribution in [-0.4, -0.2) is 43.0 Å². The summed E-state index contributed by atoms with van der Waals surface area (Å²) < 4.78 is 0. The van der Waals surface area contributed by atoms with Crippen LogP contribution in [0.15, 0.2) is 72.8 Å². The molecule has 0 aliphatic carbocycles. The third-order valence-electron chi connectivity index (χ3n) is 5.36. The number of anilines is 4. The van der Waals surface area contributed by atoms with Crippen molar-refractivity contribution in [2.75, 3.05) is 41.0 Å². The number of nitriles is 1. The highest BCUT2D eigenvalue weighted by Crippen LogP contribution is 2.25. The minimum Gasteiger partial charge on any atom is -0.481 e. The number of amides is 2. The van der Waals surface area contributed by atoms with E-state index in [0.717, 1.165) is 0 Å². The molecule has 2 amide bonds. The topological polar surface area (TPSA) is 135 Å². The van der Waals surface area contributed by atoms with Crippen LogP contribution in [0, 0.1) is 11.3 Å². The molecule has 4 N–H and O–H groups in total. The molecule has 0 heterocycles. The van der Waals surface area contributed by atoms with E-state index in [2.05, 4.69) is 16.0 Å². The predicted molar refractivity (Wildman–Crippen MR) is 139 cm³/mol. The van der Waals surface area contributed by atoms with Crippen molar-refractivity contribution in [1.29, 1.82) is 5.26 Å². The zero-order valence-corrected chi connectivity index (χ0v) is 19.8. The fourth-order valence-electron chi connectivity index (χ4n) is 3.54. The molecule has 184 valence electrons. The number of carbonyl (C=O) groups excluding carboxylic acids is 2. The number of para-hydroxylation sites is 1. The van der Waals surface area contributed by atoms with Gasteiger partial charge in [-0.05, 0) is 61.0 Å². The summed E-state index contributed by atoms with van der Waals surface area (Å²) in [5.41, 5.74) is 3.30. The molecule has 0 radical (unpaired) electrons. The van der Waals surface area contributed by atoms with Crippen LogP contribution in [0.3, 0.4) is 0 Å². The van der Waals surface area contributed by atoms with Crippen LogP contribution in [0.25, 0.3) is 0 Å². The van der Waals surface area contributed by atoms with E-state index in [1.54, 1.807) is 61.6 Å². The van der Waals surface area contributed by atoms with Gasteiger partial charge in [-0.2, -0.15) is 5.26 Å². The maximum Gasteiger partial charge on any atom is 0.303 e. The Morgan fingerprint density at radius 1 is 0.972 bits per heavy atom. The highest BCUT2D eigenvalue weighted by molar-refractivity contribution is 6.08. The standard InChI is InChI=1S/C27H27N5O4/c1-29-23-14-11-20(27(36)32(15-5-8-26(34)35)22-6-3-2-4-7-22)16-24(23)31-25(33)18-30-21-12-9-19(17-28)10-13-21/h2-4,6-7,9-14,16,29-30H,5,8,15,18H2,1H3,(H,31,33)(H,34,35). The average molecular weight is 486 g/mol. The molecule has 0 spiro atoms. The summed E-state index contributed by atoms with van der Waals surface area (Å²) in [7, 11) is 1.71. The van der Waals surface area contributed by atoms with Crippen LogP contribution >= 0.6 is 0 Å². The number of hydrogen-bond donors (Lipinski definition) is 4. The first-order valence-electron chi connectivity index (χ1n) is 11.4. The molecule has 0 saturated carbocycles. The van der Waals surface area contributed by atoms with Crippen LogP contribution in [0.1, 0.15) is 28.8 Å². The Morgan fingerprint density at radius 3 is 2.33 bits per heavy atom. The largest absolute Gasteiger partial charge is 0.481 e. The summed E-state index contributed by atoms with van der Waals surface area (Å²) in [6.07, 6.45) is 0.248. The lowest BCUT2D eigenvalue weighted by Crippen LogP contribution is -2.32. The fourth-order valence-corrected chi connectivity index (χ4v) is 3.54. The van der Waals surface area contributed by atoms with Crippen molar-refractivity contribution in [3.8, 4) is 6.07 Å². The van der Waals surface area contributed by atoms with Crippen molar-refractivity contribution in [1.82, 2.24) is 0 Å². The number of aliphatic carboxylic acids is 1. The number of nitrogens with zero attached hydrogens (tertiary/aromatic N) is 2. The molecule has 36 heavy (non-hydrogen) atoms. The number of benzene rings is 3. The van der Waals surface area contributed by atoms with E-state index in [1.807, 2.05) is 24.3 Å². The van der Waals surface area contributed by atoms with E-state index in [1.165, 1.54) is 4.90 Å². The number of carboxylic acids is 1. The van der Waals surface area contributed by atoms with Crippen molar-refractivity contribution in [2.45, 2.75) is 12.8 Å². The lowest BCUT2D eigenvalue weighted by atomic mass is 10.1. The maximum absolute atomic E-state index is 13.4. The molecule has 0 saturated heterocycles. The van der Waals surface area contributed by atoms with Crippen molar-refractivity contribution >= 4 is 40.5 Å². The Morgan fingerprint density at radius 2 is 1.69 bits per heavy atom. The lowest BCUT2D eigenvalue weighted by Gasteiger charge is -2.23. The van der Waals surface area contributed by atoms with Gasteiger partial charge < -0.3 is 26.0 Å². The molecular weight excluding hydrogens is 458 g/mol. The molecule has 0 bridgehead atoms. The number of hydrogen-bond acceptors (Lipinski definition) is 6. The minimum atomic E-state index is -0.923. The van der Waals surface area contributed by atoms with Crippen LogP contribution in [0.2, 0.25) is 0 Å². The molecule has 3 rings (SSSR count). The summed E-state index contributed by atoms with van der Waals surface area (Å²) in [5, 5.41) is 26.7. The molecule has 9 heteroatoms. The van der Waals surface area contributed by atoms with E-state index in [4.69, 9.17) is 10.4 Å². The van der Waals surface area contributed by atoms with Crippen molar-refractivity contribution < 1.29 is 19.5 Å². The van der Waals surface area contributed by atoms with Crippen LogP contribution in [-0.2, 0) is 9.59 Å². The van der Waals surface area contributed by atoms with E-state index < -0.39 is 5.97 Å². The first kappa shape index (κ1) is 25.8. The molecule has 3 aromatic carbocycles. The van der Waals surface area contributed by atoms with Crippen LogP contribution < -0.4 is 20.9 Å². The Bertz CT molecular complexity index is 1250. The van der Waals surface area contributed by atoms with Crippen molar-refractivity contribution in [3.63, 3.8) is 0 Å². The van der Waals surface area contributed by atoms with Gasteiger partial charge in [0.2, 0.25) is 5.91 Å². The van der Waals surface area contributed by atoms with Gasteiger partial charge >= 0.3 is 5.97 Å². The molecule has 9 nitrogen and oxygen atoms in total. The Balaban J connectivity index is 1.75. The van der Waals surface area contributed by atoms with Gasteiger partial charge in [0.1, 0.15) is 0 Å². The van der Waals surface area contributed by atoms with E-state index in [0.29, 0.717) is 40.3 Å². The highest BCUT2D eigenvalue weighted by atomic mass is 16.4. The third kappa shape index (κ3) is 7.08. The summed E-state index contributed by atoms with van der Waals surface area (Å²) in [5.74, 6) is -1.55. The maximum atomic E-state index is 13.4. The van der Waals surface area contributed by atoms with Gasteiger partial charge in [0.25, 0.3) is 5.91 Å². The fraction of sp³-hybridized carbons (Fsp3) is 0.185. The summed E-state index contributed by atoms with van der Waals surface area (Å²) in [6, 6.07) is 22.8. The zero-order valence-electron chi connectivity index (χ0n) is 19.8. The first-order chi connectivity index (χ1) is 17.4. The Hall–Kier alpha value is -4.84. The minimum absolute atomic E-state index is 0.0153. The number of carbonyl (C=O) groups is 3. The van der Waals surface area contributed by atoms with E-state index in [-0.39, 0.29) is 31.3 Å². The smallest absolute Gasteiger partial charge is 0.303 e. The van der Waals surface area contributed by atoms with E-state index >= 15 is 0 Å². The lowest BCUT2D eigenvalue weighted by molar-refractivity contribution is -0.137. The molecule has 0 aliphatic rings. The summed E-state index contributed by atoms with van der Waals surface area (Å²) in [4.78, 5) is 38.6. The molecule has 0 unspecified atom stereocenters. The van der Waals surface area contributed by atoms with Gasteiger partial charge in [0.15, 0.2) is 0 Å². The molecular formula is C27H27N5O4. The van der Waals surface area contributed by atoms with Gasteiger partial charge in [-0.25, -0.2) is 0 Å². The third-order valence-corrected chi connectivity index (χ3v) is 5.36. The molecule has 0 aliphatic heterocycles. The number of nitrogens with one attached hydrogen (secondary N) is 3. The van der Waals surface area contributed by atoms with Crippen molar-refractivity contribution in [3.05, 3.63) is 83.9 Å².